The maximum absolute atomic E-state index is 4.55. The summed E-state index contributed by atoms with van der Waals surface area (Å²) in [5, 5.41) is 7.11. The summed E-state index contributed by atoms with van der Waals surface area (Å²) in [5.41, 5.74) is 3.87. The molecule has 0 spiro atoms. The van der Waals surface area contributed by atoms with Crippen molar-refractivity contribution in [2.45, 2.75) is 13.3 Å². The monoisotopic (exact) mass is 239 g/mol. The first-order valence-corrected chi connectivity index (χ1v) is 5.82. The molecule has 0 atom stereocenters. The molecule has 3 aromatic rings. The molecular weight excluding hydrogens is 226 g/mol. The van der Waals surface area contributed by atoms with E-state index in [4.69, 9.17) is 0 Å². The molecule has 0 saturated carbocycles. The van der Waals surface area contributed by atoms with Crippen molar-refractivity contribution in [3.63, 3.8) is 0 Å². The quantitative estimate of drug-likeness (QED) is 0.690. The number of aromatic nitrogens is 4. The summed E-state index contributed by atoms with van der Waals surface area (Å²) >= 11 is 0. The molecule has 0 aliphatic heterocycles. The number of hydrogen-bond acceptors (Lipinski definition) is 3. The summed E-state index contributed by atoms with van der Waals surface area (Å²) in [6.07, 6.45) is 0.831. The van der Waals surface area contributed by atoms with Gasteiger partial charge in [-0.05, 0) is 25.3 Å². The lowest BCUT2D eigenvalue weighted by Gasteiger charge is -1.96. The van der Waals surface area contributed by atoms with E-state index in [2.05, 4.69) is 38.8 Å². The number of H-pyrrole nitrogens is 2. The summed E-state index contributed by atoms with van der Waals surface area (Å²) in [6.45, 7) is 5.59. The van der Waals surface area contributed by atoms with Gasteiger partial charge in [0, 0.05) is 5.56 Å². The van der Waals surface area contributed by atoms with Crippen molar-refractivity contribution in [2.75, 3.05) is 0 Å². The SMILES string of the molecule is C=Nc1n[nH]c(-c2nc3ccccc3[nH]2)c1CC. The molecule has 0 bridgehead atoms. The Morgan fingerprint density at radius 1 is 1.33 bits per heavy atom. The second-order valence-electron chi connectivity index (χ2n) is 4.01. The highest BCUT2D eigenvalue weighted by atomic mass is 15.2. The third-order valence-electron chi connectivity index (χ3n) is 2.97. The van der Waals surface area contributed by atoms with Crippen molar-refractivity contribution in [1.82, 2.24) is 20.2 Å². The number of nitrogens with one attached hydrogen (secondary N) is 2. The summed E-state index contributed by atoms with van der Waals surface area (Å²) in [5.74, 6) is 1.43. The largest absolute Gasteiger partial charge is 0.337 e. The molecule has 2 aromatic heterocycles. The van der Waals surface area contributed by atoms with E-state index in [1.54, 1.807) is 0 Å². The molecule has 18 heavy (non-hydrogen) atoms. The molecule has 0 fully saturated rings. The number of aliphatic imine (C=N–C) groups is 1. The molecule has 90 valence electrons. The number of benzene rings is 1. The highest BCUT2D eigenvalue weighted by molar-refractivity contribution is 5.79. The average Bonchev–Trinajstić information content (AvgIpc) is 3.00. The standard InChI is InChI=1S/C13H13N5/c1-3-8-11(17-18-12(8)14-2)13-15-9-6-4-5-7-10(9)16-13/h4-7H,2-3H2,1H3,(H,15,16)(H,17,18). The Morgan fingerprint density at radius 2 is 2.17 bits per heavy atom. The van der Waals surface area contributed by atoms with Crippen molar-refractivity contribution in [3.8, 4) is 11.5 Å². The Kier molecular flexibility index (Phi) is 2.44. The zero-order valence-corrected chi connectivity index (χ0v) is 10.1. The lowest BCUT2D eigenvalue weighted by atomic mass is 10.2. The zero-order valence-electron chi connectivity index (χ0n) is 10.1. The molecule has 0 unspecified atom stereocenters. The Balaban J connectivity index is 2.19. The number of aromatic amines is 2. The van der Waals surface area contributed by atoms with Crippen LogP contribution in [0.1, 0.15) is 12.5 Å². The predicted octanol–water partition coefficient (Wildman–Crippen LogP) is 2.85. The molecule has 0 aliphatic rings. The summed E-state index contributed by atoms with van der Waals surface area (Å²) in [7, 11) is 0. The molecule has 5 heteroatoms. The molecule has 0 aliphatic carbocycles. The minimum absolute atomic E-state index is 0.646. The minimum Gasteiger partial charge on any atom is -0.337 e. The summed E-state index contributed by atoms with van der Waals surface area (Å²) in [6, 6.07) is 7.93. The van der Waals surface area contributed by atoms with Crippen LogP contribution in [-0.4, -0.2) is 26.9 Å². The van der Waals surface area contributed by atoms with Crippen LogP contribution in [-0.2, 0) is 6.42 Å². The van der Waals surface area contributed by atoms with Crippen LogP contribution in [0.15, 0.2) is 29.3 Å². The summed E-state index contributed by atoms with van der Waals surface area (Å²) in [4.78, 5) is 11.7. The molecule has 3 rings (SSSR count). The fourth-order valence-electron chi connectivity index (χ4n) is 2.09. The van der Waals surface area contributed by atoms with Crippen molar-refractivity contribution < 1.29 is 0 Å². The average molecular weight is 239 g/mol. The van der Waals surface area contributed by atoms with Crippen LogP contribution in [0.25, 0.3) is 22.6 Å². The first kappa shape index (κ1) is 10.7. The third kappa shape index (κ3) is 1.52. The topological polar surface area (TPSA) is 69.7 Å². The van der Waals surface area contributed by atoms with Crippen LogP contribution in [0.3, 0.4) is 0 Å². The highest BCUT2D eigenvalue weighted by Crippen LogP contribution is 2.28. The van der Waals surface area contributed by atoms with Gasteiger partial charge < -0.3 is 4.98 Å². The van der Waals surface area contributed by atoms with Crippen molar-refractivity contribution >= 4 is 23.6 Å². The smallest absolute Gasteiger partial charge is 0.176 e. The van der Waals surface area contributed by atoms with Gasteiger partial charge in [0.2, 0.25) is 0 Å². The fraction of sp³-hybridized carbons (Fsp3) is 0.154. The maximum Gasteiger partial charge on any atom is 0.176 e. The van der Waals surface area contributed by atoms with Crippen LogP contribution < -0.4 is 0 Å². The molecule has 1 aromatic carbocycles. The number of imidazole rings is 1. The Morgan fingerprint density at radius 3 is 2.89 bits per heavy atom. The minimum atomic E-state index is 0.646. The molecule has 2 heterocycles. The zero-order chi connectivity index (χ0) is 12.5. The molecule has 0 radical (unpaired) electrons. The molecular formula is C13H13N5. The first-order chi connectivity index (χ1) is 8.83. The maximum atomic E-state index is 4.55. The van der Waals surface area contributed by atoms with E-state index in [-0.39, 0.29) is 0 Å². The van der Waals surface area contributed by atoms with Crippen LogP contribution in [0.5, 0.6) is 0 Å². The lowest BCUT2D eigenvalue weighted by molar-refractivity contribution is 1.08. The molecule has 5 nitrogen and oxygen atoms in total. The Hall–Kier alpha value is -2.43. The van der Waals surface area contributed by atoms with Crippen LogP contribution in [0.4, 0.5) is 5.82 Å². The molecule has 2 N–H and O–H groups in total. The van der Waals surface area contributed by atoms with E-state index in [1.165, 1.54) is 0 Å². The van der Waals surface area contributed by atoms with Gasteiger partial charge in [-0.3, -0.25) is 5.10 Å². The van der Waals surface area contributed by atoms with Gasteiger partial charge in [0.1, 0.15) is 5.69 Å². The van der Waals surface area contributed by atoms with Gasteiger partial charge in [-0.2, -0.15) is 5.10 Å². The fourth-order valence-corrected chi connectivity index (χ4v) is 2.09. The van der Waals surface area contributed by atoms with Gasteiger partial charge in [-0.1, -0.05) is 19.1 Å². The number of hydrogen-bond donors (Lipinski definition) is 2. The van der Waals surface area contributed by atoms with E-state index in [9.17, 15) is 0 Å². The van der Waals surface area contributed by atoms with Gasteiger partial charge in [-0.15, -0.1) is 0 Å². The van der Waals surface area contributed by atoms with Crippen molar-refractivity contribution in [2.24, 2.45) is 4.99 Å². The van der Waals surface area contributed by atoms with Gasteiger partial charge >= 0.3 is 0 Å². The number of para-hydroxylation sites is 2. The number of rotatable bonds is 3. The Labute approximate surface area is 104 Å². The lowest BCUT2D eigenvalue weighted by Crippen LogP contribution is -1.86. The van der Waals surface area contributed by atoms with E-state index >= 15 is 0 Å². The van der Waals surface area contributed by atoms with Gasteiger partial charge in [-0.25, -0.2) is 9.98 Å². The van der Waals surface area contributed by atoms with Crippen LogP contribution in [0, 0.1) is 0 Å². The van der Waals surface area contributed by atoms with Gasteiger partial charge in [0.15, 0.2) is 11.6 Å². The first-order valence-electron chi connectivity index (χ1n) is 5.82. The van der Waals surface area contributed by atoms with E-state index in [0.717, 1.165) is 34.5 Å². The third-order valence-corrected chi connectivity index (χ3v) is 2.97. The second kappa shape index (κ2) is 4.10. The van der Waals surface area contributed by atoms with Crippen LogP contribution >= 0.6 is 0 Å². The van der Waals surface area contributed by atoms with Crippen LogP contribution in [0.2, 0.25) is 0 Å². The Bertz CT molecular complexity index is 674. The molecule has 0 amide bonds. The van der Waals surface area contributed by atoms with E-state index in [1.807, 2.05) is 24.3 Å². The predicted molar refractivity (Wildman–Crippen MR) is 72.3 cm³/mol. The molecule has 0 saturated heterocycles. The van der Waals surface area contributed by atoms with E-state index < -0.39 is 0 Å². The van der Waals surface area contributed by atoms with Gasteiger partial charge in [0.25, 0.3) is 0 Å². The van der Waals surface area contributed by atoms with Gasteiger partial charge in [0.05, 0.1) is 11.0 Å². The second-order valence-corrected chi connectivity index (χ2v) is 4.01. The summed E-state index contributed by atoms with van der Waals surface area (Å²) < 4.78 is 0. The van der Waals surface area contributed by atoms with Crippen molar-refractivity contribution in [1.29, 1.82) is 0 Å². The normalized spacial score (nSPS) is 10.9. The number of nitrogens with zero attached hydrogens (tertiary/aromatic N) is 3. The highest BCUT2D eigenvalue weighted by Gasteiger charge is 2.15. The number of fused-ring (bicyclic) bond motifs is 1. The van der Waals surface area contributed by atoms with Crippen molar-refractivity contribution in [3.05, 3.63) is 29.8 Å². The van der Waals surface area contributed by atoms with E-state index in [0.29, 0.717) is 5.82 Å².